The summed E-state index contributed by atoms with van der Waals surface area (Å²) >= 11 is 3.01. The molecule has 0 atom stereocenters. The van der Waals surface area contributed by atoms with Crippen molar-refractivity contribution in [3.8, 4) is 11.5 Å². The number of hydrogen-bond donors (Lipinski definition) is 1. The molecule has 108 valence electrons. The van der Waals surface area contributed by atoms with Gasteiger partial charge >= 0.3 is 0 Å². The number of halogens is 1. The second-order valence-electron chi connectivity index (χ2n) is 4.39. The summed E-state index contributed by atoms with van der Waals surface area (Å²) in [5.74, 6) is 1.33. The van der Waals surface area contributed by atoms with E-state index in [0.717, 1.165) is 15.3 Å². The first kappa shape index (κ1) is 14.1. The maximum Gasteiger partial charge on any atom is 0.260 e. The van der Waals surface area contributed by atoms with Gasteiger partial charge in [0.05, 0.1) is 16.3 Å². The highest BCUT2D eigenvalue weighted by molar-refractivity contribution is 7.98. The Balaban J connectivity index is 1.70. The van der Waals surface area contributed by atoms with E-state index in [1.54, 1.807) is 12.1 Å². The standard InChI is InChI=1S/C14H12FN3OS2/c1-8-6-11(13(16)21-8)14-17-12(18-19-14)7-20-10-4-2-9(15)3-5-10/h2-6H,7,16H2,1H3. The summed E-state index contributed by atoms with van der Waals surface area (Å²) in [6.07, 6.45) is 0. The molecule has 2 heterocycles. The summed E-state index contributed by atoms with van der Waals surface area (Å²) in [5, 5.41) is 4.62. The van der Waals surface area contributed by atoms with Gasteiger partial charge in [0.1, 0.15) is 5.82 Å². The van der Waals surface area contributed by atoms with Crippen molar-refractivity contribution in [1.82, 2.24) is 10.1 Å². The molecule has 3 rings (SSSR count). The molecule has 0 fully saturated rings. The first-order valence-corrected chi connectivity index (χ1v) is 7.99. The second-order valence-corrected chi connectivity index (χ2v) is 6.73. The van der Waals surface area contributed by atoms with Gasteiger partial charge in [-0.15, -0.1) is 23.1 Å². The molecule has 0 saturated carbocycles. The molecule has 3 aromatic rings. The minimum Gasteiger partial charge on any atom is -0.390 e. The number of nitrogens with two attached hydrogens (primary N) is 1. The number of hydrogen-bond acceptors (Lipinski definition) is 6. The van der Waals surface area contributed by atoms with Gasteiger partial charge in [-0.3, -0.25) is 0 Å². The number of thiophene rings is 1. The maximum absolute atomic E-state index is 12.8. The van der Waals surface area contributed by atoms with Gasteiger partial charge in [-0.2, -0.15) is 4.98 Å². The van der Waals surface area contributed by atoms with Crippen LogP contribution in [-0.4, -0.2) is 10.1 Å². The van der Waals surface area contributed by atoms with Gasteiger partial charge < -0.3 is 10.3 Å². The van der Waals surface area contributed by atoms with Gasteiger partial charge in [0.2, 0.25) is 0 Å². The van der Waals surface area contributed by atoms with E-state index in [0.29, 0.717) is 22.5 Å². The number of aryl methyl sites for hydroxylation is 1. The van der Waals surface area contributed by atoms with Crippen molar-refractivity contribution in [2.24, 2.45) is 0 Å². The third-order valence-electron chi connectivity index (χ3n) is 2.76. The molecule has 0 spiro atoms. The highest BCUT2D eigenvalue weighted by Crippen LogP contribution is 2.33. The lowest BCUT2D eigenvalue weighted by Gasteiger charge is -1.97. The summed E-state index contributed by atoms with van der Waals surface area (Å²) < 4.78 is 18.1. The molecule has 0 saturated heterocycles. The van der Waals surface area contributed by atoms with Crippen LogP contribution in [0.5, 0.6) is 0 Å². The smallest absolute Gasteiger partial charge is 0.260 e. The minimum atomic E-state index is -0.246. The summed E-state index contributed by atoms with van der Waals surface area (Å²) in [6, 6.07) is 8.24. The van der Waals surface area contributed by atoms with Crippen LogP contribution in [0, 0.1) is 12.7 Å². The molecule has 0 aliphatic rings. The van der Waals surface area contributed by atoms with Crippen molar-refractivity contribution in [1.29, 1.82) is 0 Å². The fraction of sp³-hybridized carbons (Fsp3) is 0.143. The molecule has 2 aromatic heterocycles. The van der Waals surface area contributed by atoms with Crippen molar-refractivity contribution in [2.75, 3.05) is 5.73 Å². The average Bonchev–Trinajstić information content (AvgIpc) is 3.04. The maximum atomic E-state index is 12.8. The molecule has 0 amide bonds. The fourth-order valence-electron chi connectivity index (χ4n) is 1.80. The number of thioether (sulfide) groups is 1. The lowest BCUT2D eigenvalue weighted by atomic mass is 10.3. The fourth-order valence-corrected chi connectivity index (χ4v) is 3.32. The normalized spacial score (nSPS) is 11.0. The van der Waals surface area contributed by atoms with E-state index >= 15 is 0 Å². The van der Waals surface area contributed by atoms with Crippen LogP contribution < -0.4 is 5.73 Å². The third-order valence-corrected chi connectivity index (χ3v) is 4.65. The molecule has 0 radical (unpaired) electrons. The Labute approximate surface area is 129 Å². The number of benzene rings is 1. The van der Waals surface area contributed by atoms with Crippen LogP contribution in [0.3, 0.4) is 0 Å². The van der Waals surface area contributed by atoms with Crippen molar-refractivity contribution in [3.63, 3.8) is 0 Å². The van der Waals surface area contributed by atoms with Crippen LogP contribution in [0.15, 0.2) is 39.8 Å². The van der Waals surface area contributed by atoms with Crippen LogP contribution in [0.4, 0.5) is 9.39 Å². The van der Waals surface area contributed by atoms with Gasteiger partial charge in [-0.25, -0.2) is 4.39 Å². The Morgan fingerprint density at radius 2 is 2.10 bits per heavy atom. The topological polar surface area (TPSA) is 64.9 Å². The SMILES string of the molecule is Cc1cc(-c2nc(CSc3ccc(F)cc3)no2)c(N)s1. The lowest BCUT2D eigenvalue weighted by molar-refractivity contribution is 0.425. The first-order chi connectivity index (χ1) is 10.1. The van der Waals surface area contributed by atoms with E-state index in [1.807, 2.05) is 13.0 Å². The van der Waals surface area contributed by atoms with Gasteiger partial charge in [-0.05, 0) is 37.3 Å². The summed E-state index contributed by atoms with van der Waals surface area (Å²) in [5.41, 5.74) is 6.69. The molecular weight excluding hydrogens is 309 g/mol. The Morgan fingerprint density at radius 3 is 2.76 bits per heavy atom. The molecule has 0 unspecified atom stereocenters. The zero-order valence-electron chi connectivity index (χ0n) is 11.2. The van der Waals surface area contributed by atoms with Crippen molar-refractivity contribution in [2.45, 2.75) is 17.6 Å². The monoisotopic (exact) mass is 321 g/mol. The Morgan fingerprint density at radius 1 is 1.33 bits per heavy atom. The van der Waals surface area contributed by atoms with Gasteiger partial charge in [0.25, 0.3) is 5.89 Å². The predicted molar refractivity (Wildman–Crippen MR) is 82.7 cm³/mol. The zero-order chi connectivity index (χ0) is 14.8. The number of nitrogens with zero attached hydrogens (tertiary/aromatic N) is 2. The molecule has 4 nitrogen and oxygen atoms in total. The van der Waals surface area contributed by atoms with Crippen molar-refractivity contribution in [3.05, 3.63) is 46.9 Å². The van der Waals surface area contributed by atoms with Gasteiger partial charge in [0.15, 0.2) is 5.82 Å². The van der Waals surface area contributed by atoms with Gasteiger partial charge in [0, 0.05) is 9.77 Å². The molecule has 21 heavy (non-hydrogen) atoms. The van der Waals surface area contributed by atoms with Crippen LogP contribution >= 0.6 is 23.1 Å². The minimum absolute atomic E-state index is 0.246. The van der Waals surface area contributed by atoms with E-state index in [9.17, 15) is 4.39 Å². The zero-order valence-corrected chi connectivity index (χ0v) is 12.8. The van der Waals surface area contributed by atoms with Crippen LogP contribution in [0.25, 0.3) is 11.5 Å². The molecular formula is C14H12FN3OS2. The average molecular weight is 321 g/mol. The summed E-state index contributed by atoms with van der Waals surface area (Å²) in [6.45, 7) is 1.98. The second kappa shape index (κ2) is 5.87. The predicted octanol–water partition coefficient (Wildman–Crippen LogP) is 4.12. The van der Waals surface area contributed by atoms with Crippen LogP contribution in [0.1, 0.15) is 10.7 Å². The van der Waals surface area contributed by atoms with E-state index in [-0.39, 0.29) is 5.82 Å². The van der Waals surface area contributed by atoms with Crippen molar-refractivity contribution >= 4 is 28.1 Å². The number of rotatable bonds is 4. The van der Waals surface area contributed by atoms with E-state index in [1.165, 1.54) is 35.2 Å². The lowest BCUT2D eigenvalue weighted by Crippen LogP contribution is -1.86. The summed E-state index contributed by atoms with van der Waals surface area (Å²) in [7, 11) is 0. The number of aromatic nitrogens is 2. The molecule has 0 aliphatic heterocycles. The van der Waals surface area contributed by atoms with E-state index in [2.05, 4.69) is 10.1 Å². The first-order valence-electron chi connectivity index (χ1n) is 6.19. The third kappa shape index (κ3) is 3.25. The molecule has 1 aromatic carbocycles. The van der Waals surface area contributed by atoms with Gasteiger partial charge in [-0.1, -0.05) is 5.16 Å². The number of nitrogen functional groups attached to an aromatic ring is 1. The molecule has 2 N–H and O–H groups in total. The summed E-state index contributed by atoms with van der Waals surface area (Å²) in [4.78, 5) is 6.39. The van der Waals surface area contributed by atoms with Crippen LogP contribution in [-0.2, 0) is 5.75 Å². The van der Waals surface area contributed by atoms with E-state index < -0.39 is 0 Å². The Kier molecular flexibility index (Phi) is 3.94. The molecule has 0 aliphatic carbocycles. The highest BCUT2D eigenvalue weighted by Gasteiger charge is 2.14. The number of anilines is 1. The Bertz CT molecular complexity index is 752. The molecule has 0 bridgehead atoms. The highest BCUT2D eigenvalue weighted by atomic mass is 32.2. The van der Waals surface area contributed by atoms with Crippen molar-refractivity contribution < 1.29 is 8.91 Å². The largest absolute Gasteiger partial charge is 0.390 e. The Hall–Kier alpha value is -1.86. The van der Waals surface area contributed by atoms with E-state index in [4.69, 9.17) is 10.3 Å². The van der Waals surface area contributed by atoms with Crippen LogP contribution in [0.2, 0.25) is 0 Å². The quantitative estimate of drug-likeness (QED) is 0.732. The molecule has 7 heteroatoms.